The van der Waals surface area contributed by atoms with Crippen LogP contribution < -0.4 is 11.1 Å². The molecule has 3 atom stereocenters. The molecule has 3 nitrogen and oxygen atoms in total. The summed E-state index contributed by atoms with van der Waals surface area (Å²) < 4.78 is 0. The predicted molar refractivity (Wildman–Crippen MR) is 90.0 cm³/mol. The lowest BCUT2D eigenvalue weighted by atomic mass is 9.69. The molecular formula is C18H36N2O. The van der Waals surface area contributed by atoms with Crippen LogP contribution in [0.2, 0.25) is 0 Å². The monoisotopic (exact) mass is 296 g/mol. The molecule has 0 aromatic rings. The zero-order valence-corrected chi connectivity index (χ0v) is 15.0. The second-order valence-electron chi connectivity index (χ2n) is 9.07. The van der Waals surface area contributed by atoms with E-state index in [1.165, 1.54) is 19.3 Å². The third kappa shape index (κ3) is 5.98. The van der Waals surface area contributed by atoms with E-state index in [4.69, 9.17) is 5.73 Å². The van der Waals surface area contributed by atoms with Gasteiger partial charge in [0.25, 0.3) is 0 Å². The van der Waals surface area contributed by atoms with Crippen LogP contribution in [0, 0.1) is 22.7 Å². The number of amides is 1. The van der Waals surface area contributed by atoms with Gasteiger partial charge in [-0.1, -0.05) is 54.4 Å². The maximum Gasteiger partial charge on any atom is 0.224 e. The molecule has 1 rings (SSSR count). The Kier molecular flexibility index (Phi) is 6.27. The summed E-state index contributed by atoms with van der Waals surface area (Å²) in [7, 11) is 0. The highest BCUT2D eigenvalue weighted by molar-refractivity contribution is 5.79. The number of carbonyl (C=O) groups excluding carboxylic acids is 1. The Morgan fingerprint density at radius 2 is 1.71 bits per heavy atom. The van der Waals surface area contributed by atoms with Crippen LogP contribution in [0.1, 0.15) is 73.6 Å². The van der Waals surface area contributed by atoms with Gasteiger partial charge in [-0.05, 0) is 36.0 Å². The van der Waals surface area contributed by atoms with Crippen LogP contribution in [-0.4, -0.2) is 18.5 Å². The van der Waals surface area contributed by atoms with Crippen molar-refractivity contribution in [3.8, 4) is 0 Å². The third-order valence-electron chi connectivity index (χ3n) is 4.72. The maximum absolute atomic E-state index is 12.6. The lowest BCUT2D eigenvalue weighted by Crippen LogP contribution is -2.49. The van der Waals surface area contributed by atoms with E-state index in [9.17, 15) is 4.79 Å². The zero-order valence-electron chi connectivity index (χ0n) is 15.0. The van der Waals surface area contributed by atoms with Crippen molar-refractivity contribution in [2.45, 2.75) is 79.7 Å². The standard InChI is InChI=1S/C18H36N2O/c1-17(2,3)11-13(12-19)16(21)20-15-10-8-7-9-14(15)18(4,5)6/h13-15H,7-12,19H2,1-6H3,(H,20,21). The zero-order chi connectivity index (χ0) is 16.3. The number of carbonyl (C=O) groups is 1. The fourth-order valence-corrected chi connectivity index (χ4v) is 3.66. The first-order valence-electron chi connectivity index (χ1n) is 8.55. The van der Waals surface area contributed by atoms with Crippen LogP contribution in [0.4, 0.5) is 0 Å². The van der Waals surface area contributed by atoms with Crippen molar-refractivity contribution in [1.82, 2.24) is 5.32 Å². The Balaban J connectivity index is 2.70. The number of hydrogen-bond acceptors (Lipinski definition) is 2. The third-order valence-corrected chi connectivity index (χ3v) is 4.72. The molecule has 0 aliphatic heterocycles. The quantitative estimate of drug-likeness (QED) is 0.830. The minimum Gasteiger partial charge on any atom is -0.353 e. The van der Waals surface area contributed by atoms with Crippen LogP contribution in [0.15, 0.2) is 0 Å². The largest absolute Gasteiger partial charge is 0.353 e. The van der Waals surface area contributed by atoms with Gasteiger partial charge in [0, 0.05) is 12.6 Å². The fraction of sp³-hybridized carbons (Fsp3) is 0.944. The first kappa shape index (κ1) is 18.5. The first-order chi connectivity index (χ1) is 9.54. The lowest BCUT2D eigenvalue weighted by Gasteiger charge is -2.41. The molecule has 3 heteroatoms. The fourth-order valence-electron chi connectivity index (χ4n) is 3.66. The van der Waals surface area contributed by atoms with E-state index in [1.54, 1.807) is 0 Å². The summed E-state index contributed by atoms with van der Waals surface area (Å²) in [6.07, 6.45) is 5.70. The molecule has 0 radical (unpaired) electrons. The molecule has 0 aromatic heterocycles. The molecule has 1 amide bonds. The van der Waals surface area contributed by atoms with Gasteiger partial charge < -0.3 is 11.1 Å². The van der Waals surface area contributed by atoms with Crippen molar-refractivity contribution in [1.29, 1.82) is 0 Å². The second kappa shape index (κ2) is 7.13. The van der Waals surface area contributed by atoms with Gasteiger partial charge in [0.05, 0.1) is 5.92 Å². The number of rotatable bonds is 4. The van der Waals surface area contributed by atoms with Crippen molar-refractivity contribution in [2.24, 2.45) is 28.4 Å². The molecule has 1 aliphatic rings. The number of hydrogen-bond donors (Lipinski definition) is 2. The minimum atomic E-state index is -0.0625. The highest BCUT2D eigenvalue weighted by Crippen LogP contribution is 2.38. The van der Waals surface area contributed by atoms with E-state index in [-0.39, 0.29) is 22.7 Å². The Morgan fingerprint density at radius 3 is 2.19 bits per heavy atom. The van der Waals surface area contributed by atoms with Gasteiger partial charge in [-0.15, -0.1) is 0 Å². The van der Waals surface area contributed by atoms with Gasteiger partial charge in [-0.3, -0.25) is 4.79 Å². The van der Waals surface area contributed by atoms with E-state index in [0.29, 0.717) is 18.5 Å². The summed E-state index contributed by atoms with van der Waals surface area (Å²) in [5.41, 5.74) is 6.23. The van der Waals surface area contributed by atoms with E-state index >= 15 is 0 Å². The van der Waals surface area contributed by atoms with Gasteiger partial charge >= 0.3 is 0 Å². The first-order valence-corrected chi connectivity index (χ1v) is 8.55. The van der Waals surface area contributed by atoms with Crippen LogP contribution in [0.5, 0.6) is 0 Å². The van der Waals surface area contributed by atoms with E-state index in [1.807, 2.05) is 0 Å². The summed E-state index contributed by atoms with van der Waals surface area (Å²) in [6.45, 7) is 13.8. The van der Waals surface area contributed by atoms with Gasteiger partial charge in [-0.2, -0.15) is 0 Å². The molecule has 0 spiro atoms. The summed E-state index contributed by atoms with van der Waals surface area (Å²) in [6, 6.07) is 0.320. The Hall–Kier alpha value is -0.570. The number of nitrogens with two attached hydrogens (primary N) is 1. The normalized spacial score (nSPS) is 25.5. The predicted octanol–water partition coefficient (Wildman–Crippen LogP) is 3.72. The summed E-state index contributed by atoms with van der Waals surface area (Å²) in [5, 5.41) is 3.33. The van der Waals surface area contributed by atoms with Gasteiger partial charge in [-0.25, -0.2) is 0 Å². The lowest BCUT2D eigenvalue weighted by molar-refractivity contribution is -0.127. The smallest absolute Gasteiger partial charge is 0.224 e. The molecule has 0 bridgehead atoms. The molecule has 3 unspecified atom stereocenters. The topological polar surface area (TPSA) is 55.1 Å². The van der Waals surface area contributed by atoms with Crippen LogP contribution in [-0.2, 0) is 4.79 Å². The van der Waals surface area contributed by atoms with Crippen molar-refractivity contribution in [2.75, 3.05) is 6.54 Å². The SMILES string of the molecule is CC(C)(C)CC(CN)C(=O)NC1CCCCC1C(C)(C)C. The van der Waals surface area contributed by atoms with Gasteiger partial charge in [0.2, 0.25) is 5.91 Å². The molecule has 0 aromatic carbocycles. The van der Waals surface area contributed by atoms with Crippen molar-refractivity contribution < 1.29 is 4.79 Å². The molecule has 1 fully saturated rings. The average Bonchev–Trinajstić information content (AvgIpc) is 2.34. The maximum atomic E-state index is 12.6. The van der Waals surface area contributed by atoms with E-state index in [0.717, 1.165) is 12.8 Å². The molecule has 3 N–H and O–H groups in total. The average molecular weight is 296 g/mol. The molecular weight excluding hydrogens is 260 g/mol. The van der Waals surface area contributed by atoms with E-state index in [2.05, 4.69) is 46.9 Å². The van der Waals surface area contributed by atoms with Crippen molar-refractivity contribution in [3.63, 3.8) is 0 Å². The Bertz CT molecular complexity index is 338. The number of nitrogens with one attached hydrogen (secondary N) is 1. The van der Waals surface area contributed by atoms with Crippen LogP contribution in [0.3, 0.4) is 0 Å². The summed E-state index contributed by atoms with van der Waals surface area (Å²) in [4.78, 5) is 12.6. The van der Waals surface area contributed by atoms with Crippen molar-refractivity contribution in [3.05, 3.63) is 0 Å². The Morgan fingerprint density at radius 1 is 1.14 bits per heavy atom. The van der Waals surface area contributed by atoms with E-state index < -0.39 is 0 Å². The van der Waals surface area contributed by atoms with Gasteiger partial charge in [0.1, 0.15) is 0 Å². The van der Waals surface area contributed by atoms with Crippen LogP contribution >= 0.6 is 0 Å². The molecule has 0 saturated heterocycles. The highest BCUT2D eigenvalue weighted by Gasteiger charge is 2.36. The van der Waals surface area contributed by atoms with Crippen LogP contribution in [0.25, 0.3) is 0 Å². The second-order valence-corrected chi connectivity index (χ2v) is 9.07. The minimum absolute atomic E-state index is 0.0625. The molecule has 1 aliphatic carbocycles. The molecule has 21 heavy (non-hydrogen) atoms. The Labute approximate surface area is 131 Å². The van der Waals surface area contributed by atoms with Crippen molar-refractivity contribution >= 4 is 5.91 Å². The molecule has 0 heterocycles. The summed E-state index contributed by atoms with van der Waals surface area (Å²) in [5.74, 6) is 0.671. The molecule has 124 valence electrons. The highest BCUT2D eigenvalue weighted by atomic mass is 16.2. The van der Waals surface area contributed by atoms with Gasteiger partial charge in [0.15, 0.2) is 0 Å². The molecule has 1 saturated carbocycles. The summed E-state index contributed by atoms with van der Waals surface area (Å²) >= 11 is 0.